The summed E-state index contributed by atoms with van der Waals surface area (Å²) >= 11 is 0. The summed E-state index contributed by atoms with van der Waals surface area (Å²) in [4.78, 5) is 36.8. The highest BCUT2D eigenvalue weighted by Crippen LogP contribution is 2.25. The van der Waals surface area contributed by atoms with Crippen LogP contribution in [0.25, 0.3) is 0 Å². The molecule has 24 heavy (non-hydrogen) atoms. The number of anilines is 2. The number of rotatable bonds is 4. The number of hydrogen-bond acceptors (Lipinski definition) is 4. The Kier molecular flexibility index (Phi) is 4.04. The van der Waals surface area contributed by atoms with E-state index in [2.05, 4.69) is 5.32 Å². The van der Waals surface area contributed by atoms with Crippen molar-refractivity contribution in [3.63, 3.8) is 0 Å². The van der Waals surface area contributed by atoms with Gasteiger partial charge in [-0.05, 0) is 48.9 Å². The van der Waals surface area contributed by atoms with Gasteiger partial charge in [-0.1, -0.05) is 12.1 Å². The van der Waals surface area contributed by atoms with Crippen molar-refractivity contribution in [2.24, 2.45) is 0 Å². The van der Waals surface area contributed by atoms with Gasteiger partial charge < -0.3 is 10.4 Å². The highest BCUT2D eigenvalue weighted by Gasteiger charge is 2.39. The average Bonchev–Trinajstić information content (AvgIpc) is 2.82. The fourth-order valence-electron chi connectivity index (χ4n) is 2.69. The molecule has 2 aromatic carbocycles. The molecule has 0 bridgehead atoms. The molecule has 1 aliphatic heterocycles. The third-order valence-electron chi connectivity index (χ3n) is 3.88. The van der Waals surface area contributed by atoms with Gasteiger partial charge in [0.25, 0.3) is 5.91 Å². The van der Waals surface area contributed by atoms with Crippen molar-refractivity contribution >= 4 is 29.2 Å². The van der Waals surface area contributed by atoms with Gasteiger partial charge in [-0.15, -0.1) is 0 Å². The Hall–Kier alpha value is -3.15. The van der Waals surface area contributed by atoms with Crippen molar-refractivity contribution in [3.05, 3.63) is 59.7 Å². The molecule has 0 radical (unpaired) electrons. The van der Waals surface area contributed by atoms with E-state index in [4.69, 9.17) is 5.11 Å². The van der Waals surface area contributed by atoms with Gasteiger partial charge in [-0.25, -0.2) is 9.69 Å². The van der Waals surface area contributed by atoms with Crippen LogP contribution in [0.5, 0.6) is 0 Å². The molecular formula is C18H16N2O4. The first-order valence-electron chi connectivity index (χ1n) is 7.49. The number of hydrogen-bond donors (Lipinski definition) is 2. The van der Waals surface area contributed by atoms with Gasteiger partial charge >= 0.3 is 5.97 Å². The molecule has 0 spiro atoms. The van der Waals surface area contributed by atoms with Crippen LogP contribution in [-0.4, -0.2) is 28.9 Å². The number of carboxylic acid groups (broad SMARTS) is 1. The Morgan fingerprint density at radius 3 is 2.50 bits per heavy atom. The third-order valence-corrected chi connectivity index (χ3v) is 3.88. The molecule has 6 heteroatoms. The van der Waals surface area contributed by atoms with Gasteiger partial charge in [0.05, 0.1) is 17.7 Å². The van der Waals surface area contributed by atoms with E-state index in [9.17, 15) is 14.4 Å². The van der Waals surface area contributed by atoms with E-state index in [1.807, 2.05) is 13.0 Å². The van der Waals surface area contributed by atoms with Crippen LogP contribution in [0.15, 0.2) is 48.5 Å². The lowest BCUT2D eigenvalue weighted by Crippen LogP contribution is -2.34. The molecule has 2 amide bonds. The van der Waals surface area contributed by atoms with E-state index >= 15 is 0 Å². The molecule has 1 fully saturated rings. The summed E-state index contributed by atoms with van der Waals surface area (Å²) in [7, 11) is 0. The highest BCUT2D eigenvalue weighted by atomic mass is 16.4. The molecule has 3 rings (SSSR count). The van der Waals surface area contributed by atoms with Crippen LogP contribution >= 0.6 is 0 Å². The zero-order chi connectivity index (χ0) is 17.3. The molecule has 0 saturated carbocycles. The molecule has 2 N–H and O–H groups in total. The van der Waals surface area contributed by atoms with Gasteiger partial charge in [0, 0.05) is 5.69 Å². The van der Waals surface area contributed by atoms with Crippen LogP contribution in [-0.2, 0) is 9.59 Å². The quantitative estimate of drug-likeness (QED) is 0.844. The number of amides is 2. The van der Waals surface area contributed by atoms with Crippen LogP contribution in [0.1, 0.15) is 22.3 Å². The number of aryl methyl sites for hydroxylation is 1. The van der Waals surface area contributed by atoms with Crippen molar-refractivity contribution in [2.45, 2.75) is 19.4 Å². The lowest BCUT2D eigenvalue weighted by Gasteiger charge is -2.16. The molecule has 6 nitrogen and oxygen atoms in total. The molecule has 122 valence electrons. The minimum absolute atomic E-state index is 0.0630. The predicted molar refractivity (Wildman–Crippen MR) is 89.1 cm³/mol. The lowest BCUT2D eigenvalue weighted by molar-refractivity contribution is -0.121. The topological polar surface area (TPSA) is 86.7 Å². The summed E-state index contributed by atoms with van der Waals surface area (Å²) in [5, 5.41) is 11.9. The highest BCUT2D eigenvalue weighted by molar-refractivity contribution is 6.23. The number of aromatic carboxylic acids is 1. The zero-order valence-corrected chi connectivity index (χ0v) is 13.0. The average molecular weight is 324 g/mol. The first-order valence-corrected chi connectivity index (χ1v) is 7.49. The Labute approximate surface area is 138 Å². The fourth-order valence-corrected chi connectivity index (χ4v) is 2.69. The number of nitrogens with one attached hydrogen (secondary N) is 1. The molecule has 1 aliphatic rings. The molecule has 1 saturated heterocycles. The van der Waals surface area contributed by atoms with Crippen molar-refractivity contribution in [3.8, 4) is 0 Å². The van der Waals surface area contributed by atoms with E-state index in [0.717, 1.165) is 5.56 Å². The van der Waals surface area contributed by atoms with Crippen LogP contribution < -0.4 is 10.2 Å². The fraction of sp³-hybridized carbons (Fsp3) is 0.167. The molecule has 1 unspecified atom stereocenters. The van der Waals surface area contributed by atoms with Crippen LogP contribution in [0.3, 0.4) is 0 Å². The number of imide groups is 1. The predicted octanol–water partition coefficient (Wildman–Crippen LogP) is 2.44. The lowest BCUT2D eigenvalue weighted by atomic mass is 10.2. The zero-order valence-electron chi connectivity index (χ0n) is 13.0. The van der Waals surface area contributed by atoms with Crippen molar-refractivity contribution < 1.29 is 19.5 Å². The number of nitrogens with zero attached hydrogens (tertiary/aromatic N) is 1. The monoisotopic (exact) mass is 324 g/mol. The summed E-state index contributed by atoms with van der Waals surface area (Å²) in [6, 6.07) is 12.6. The summed E-state index contributed by atoms with van der Waals surface area (Å²) in [5.41, 5.74) is 2.29. The molecular weight excluding hydrogens is 308 g/mol. The number of carbonyl (C=O) groups excluding carboxylic acids is 2. The van der Waals surface area contributed by atoms with Gasteiger partial charge in [-0.3, -0.25) is 9.59 Å². The van der Waals surface area contributed by atoms with Crippen LogP contribution in [0.4, 0.5) is 11.4 Å². The Balaban J connectivity index is 1.77. The molecule has 1 heterocycles. The smallest absolute Gasteiger partial charge is 0.335 e. The third kappa shape index (κ3) is 2.99. The second-order valence-corrected chi connectivity index (χ2v) is 5.69. The Morgan fingerprint density at radius 2 is 1.88 bits per heavy atom. The van der Waals surface area contributed by atoms with E-state index in [1.54, 1.807) is 30.3 Å². The van der Waals surface area contributed by atoms with Gasteiger partial charge in [0.2, 0.25) is 5.91 Å². The molecule has 0 aromatic heterocycles. The minimum atomic E-state index is -1.01. The van der Waals surface area contributed by atoms with Crippen LogP contribution in [0.2, 0.25) is 0 Å². The van der Waals surface area contributed by atoms with Gasteiger partial charge in [0.15, 0.2) is 0 Å². The Bertz CT molecular complexity index is 814. The molecule has 0 aliphatic carbocycles. The van der Waals surface area contributed by atoms with Crippen molar-refractivity contribution in [2.75, 3.05) is 10.2 Å². The van der Waals surface area contributed by atoms with Crippen molar-refractivity contribution in [1.82, 2.24) is 0 Å². The number of carbonyl (C=O) groups is 3. The van der Waals surface area contributed by atoms with Crippen LogP contribution in [0, 0.1) is 6.92 Å². The first kappa shape index (κ1) is 15.7. The largest absolute Gasteiger partial charge is 0.478 e. The maximum absolute atomic E-state index is 12.6. The summed E-state index contributed by atoms with van der Waals surface area (Å²) in [6.45, 7) is 1.90. The second kappa shape index (κ2) is 6.16. The normalized spacial score (nSPS) is 17.2. The van der Waals surface area contributed by atoms with E-state index in [1.165, 1.54) is 17.0 Å². The summed E-state index contributed by atoms with van der Waals surface area (Å²) < 4.78 is 0. The molecule has 2 aromatic rings. The summed E-state index contributed by atoms with van der Waals surface area (Å²) in [6.07, 6.45) is 0.0630. The summed E-state index contributed by atoms with van der Waals surface area (Å²) in [5.74, 6) is -1.59. The maximum Gasteiger partial charge on any atom is 0.335 e. The number of benzene rings is 2. The standard InChI is InChI=1S/C18H16N2O4/c1-11-3-2-4-14(9-11)20-16(21)10-15(17(20)22)19-13-7-5-12(6-8-13)18(23)24/h2-9,15,19H,10H2,1H3,(H,23,24). The van der Waals surface area contributed by atoms with Crippen molar-refractivity contribution in [1.29, 1.82) is 0 Å². The van der Waals surface area contributed by atoms with E-state index in [0.29, 0.717) is 11.4 Å². The van der Waals surface area contributed by atoms with Gasteiger partial charge in [0.1, 0.15) is 6.04 Å². The Morgan fingerprint density at radius 1 is 1.17 bits per heavy atom. The second-order valence-electron chi connectivity index (χ2n) is 5.69. The van der Waals surface area contributed by atoms with E-state index in [-0.39, 0.29) is 23.8 Å². The van der Waals surface area contributed by atoms with Gasteiger partial charge in [-0.2, -0.15) is 0 Å². The maximum atomic E-state index is 12.6. The molecule has 1 atom stereocenters. The SMILES string of the molecule is Cc1cccc(N2C(=O)CC(Nc3ccc(C(=O)O)cc3)C2=O)c1. The number of carboxylic acids is 1. The van der Waals surface area contributed by atoms with E-state index < -0.39 is 12.0 Å². The minimum Gasteiger partial charge on any atom is -0.478 e. The first-order chi connectivity index (χ1) is 11.5.